The molecule has 0 aromatic heterocycles. The molecule has 1 aromatic rings. The summed E-state index contributed by atoms with van der Waals surface area (Å²) < 4.78 is 10.7. The lowest BCUT2D eigenvalue weighted by Crippen LogP contribution is -2.44. The van der Waals surface area contributed by atoms with Crippen LogP contribution in [0, 0.1) is 5.92 Å². The number of methoxy groups -OCH3 is 2. The summed E-state index contributed by atoms with van der Waals surface area (Å²) in [5, 5.41) is 3.07. The highest BCUT2D eigenvalue weighted by atomic mass is 16.5. The molecule has 1 aliphatic rings. The fourth-order valence-corrected chi connectivity index (χ4v) is 2.75. The lowest BCUT2D eigenvalue weighted by atomic mass is 9.98. The van der Waals surface area contributed by atoms with Gasteiger partial charge in [0.15, 0.2) is 11.5 Å². The van der Waals surface area contributed by atoms with E-state index in [1.807, 2.05) is 19.1 Å². The van der Waals surface area contributed by atoms with E-state index in [1.54, 1.807) is 14.2 Å². The minimum Gasteiger partial charge on any atom is -0.493 e. The summed E-state index contributed by atoms with van der Waals surface area (Å²) in [5.74, 6) is 2.04. The van der Waals surface area contributed by atoms with Crippen molar-refractivity contribution in [2.75, 3.05) is 27.3 Å². The van der Waals surface area contributed by atoms with E-state index in [1.165, 1.54) is 11.1 Å². The number of nitrogens with zero attached hydrogens (tertiary/aromatic N) is 1. The molecule has 0 saturated heterocycles. The van der Waals surface area contributed by atoms with Crippen LogP contribution in [-0.4, -0.2) is 44.2 Å². The number of fused-ring (bicyclic) bond motifs is 1. The molecule has 0 spiro atoms. The Kier molecular flexibility index (Phi) is 5.88. The number of carbonyl (C=O) groups excluding carboxylic acids is 1. The predicted octanol–water partition coefficient (Wildman–Crippen LogP) is 2.22. The minimum atomic E-state index is 0.0927. The van der Waals surface area contributed by atoms with Crippen LogP contribution in [0.1, 0.15) is 31.9 Å². The molecular formula is C18H28N2O3. The van der Waals surface area contributed by atoms with E-state index in [9.17, 15) is 4.79 Å². The highest BCUT2D eigenvalue weighted by Gasteiger charge is 2.21. The molecule has 1 unspecified atom stereocenters. The molecule has 128 valence electrons. The smallest absolute Gasteiger partial charge is 0.234 e. The quantitative estimate of drug-likeness (QED) is 0.873. The summed E-state index contributed by atoms with van der Waals surface area (Å²) in [6.45, 7) is 8.35. The van der Waals surface area contributed by atoms with E-state index >= 15 is 0 Å². The normalized spacial score (nSPS) is 15.9. The van der Waals surface area contributed by atoms with Crippen molar-refractivity contribution in [2.24, 2.45) is 5.92 Å². The minimum absolute atomic E-state index is 0.0927. The highest BCUT2D eigenvalue weighted by molar-refractivity contribution is 5.78. The number of ether oxygens (including phenoxy) is 2. The second kappa shape index (κ2) is 7.68. The number of carbonyl (C=O) groups is 1. The van der Waals surface area contributed by atoms with Crippen LogP contribution in [0.4, 0.5) is 0 Å². The van der Waals surface area contributed by atoms with Crippen molar-refractivity contribution in [2.45, 2.75) is 39.8 Å². The van der Waals surface area contributed by atoms with Gasteiger partial charge in [-0.3, -0.25) is 9.69 Å². The fourth-order valence-electron chi connectivity index (χ4n) is 2.75. The Bertz CT molecular complexity index is 557. The van der Waals surface area contributed by atoms with Gasteiger partial charge in [0, 0.05) is 19.1 Å². The van der Waals surface area contributed by atoms with E-state index in [-0.39, 0.29) is 11.9 Å². The third-order valence-corrected chi connectivity index (χ3v) is 4.55. The van der Waals surface area contributed by atoms with Crippen LogP contribution in [0.2, 0.25) is 0 Å². The molecule has 1 amide bonds. The maximum absolute atomic E-state index is 12.2. The Morgan fingerprint density at radius 2 is 1.78 bits per heavy atom. The Morgan fingerprint density at radius 3 is 2.35 bits per heavy atom. The molecule has 2 rings (SSSR count). The molecule has 1 heterocycles. The summed E-state index contributed by atoms with van der Waals surface area (Å²) >= 11 is 0. The van der Waals surface area contributed by atoms with Gasteiger partial charge in [-0.2, -0.15) is 0 Å². The molecule has 0 saturated carbocycles. The first-order chi connectivity index (χ1) is 10.9. The van der Waals surface area contributed by atoms with Gasteiger partial charge in [0.2, 0.25) is 5.91 Å². The van der Waals surface area contributed by atoms with Gasteiger partial charge in [0.1, 0.15) is 0 Å². The number of nitrogens with one attached hydrogen (secondary N) is 1. The molecule has 0 aliphatic carbocycles. The van der Waals surface area contributed by atoms with Gasteiger partial charge in [0.25, 0.3) is 0 Å². The zero-order valence-corrected chi connectivity index (χ0v) is 14.8. The number of benzene rings is 1. The van der Waals surface area contributed by atoms with E-state index in [0.717, 1.165) is 31.0 Å². The van der Waals surface area contributed by atoms with E-state index in [2.05, 4.69) is 24.1 Å². The number of rotatable bonds is 6. The van der Waals surface area contributed by atoms with Gasteiger partial charge >= 0.3 is 0 Å². The van der Waals surface area contributed by atoms with Crippen molar-refractivity contribution in [1.29, 1.82) is 0 Å². The molecule has 1 N–H and O–H groups in total. The SMILES string of the molecule is COc1cc2c(cc1OC)CN(CC(=O)NC(C)C(C)C)CC2. The molecule has 0 bridgehead atoms. The van der Waals surface area contributed by atoms with Gasteiger partial charge in [-0.1, -0.05) is 13.8 Å². The molecular weight excluding hydrogens is 292 g/mol. The zero-order chi connectivity index (χ0) is 17.0. The molecule has 1 atom stereocenters. The monoisotopic (exact) mass is 320 g/mol. The first kappa shape index (κ1) is 17.6. The summed E-state index contributed by atoms with van der Waals surface area (Å²) in [6.07, 6.45) is 0.919. The maximum Gasteiger partial charge on any atom is 0.234 e. The van der Waals surface area contributed by atoms with Gasteiger partial charge < -0.3 is 14.8 Å². The Morgan fingerprint density at radius 1 is 1.17 bits per heavy atom. The van der Waals surface area contributed by atoms with E-state index < -0.39 is 0 Å². The summed E-state index contributed by atoms with van der Waals surface area (Å²) in [4.78, 5) is 14.3. The molecule has 0 radical (unpaired) electrons. The summed E-state index contributed by atoms with van der Waals surface area (Å²) in [5.41, 5.74) is 2.48. The molecule has 0 fully saturated rings. The lowest BCUT2D eigenvalue weighted by molar-refractivity contribution is -0.123. The van der Waals surface area contributed by atoms with Crippen LogP contribution < -0.4 is 14.8 Å². The average molecular weight is 320 g/mol. The van der Waals surface area contributed by atoms with Gasteiger partial charge in [0.05, 0.1) is 20.8 Å². The Hall–Kier alpha value is -1.75. The molecule has 1 aliphatic heterocycles. The average Bonchev–Trinajstić information content (AvgIpc) is 2.53. The van der Waals surface area contributed by atoms with Crippen molar-refractivity contribution in [3.05, 3.63) is 23.3 Å². The van der Waals surface area contributed by atoms with Crippen molar-refractivity contribution in [3.8, 4) is 11.5 Å². The van der Waals surface area contributed by atoms with Crippen LogP contribution in [0.3, 0.4) is 0 Å². The number of hydrogen-bond donors (Lipinski definition) is 1. The maximum atomic E-state index is 12.2. The van der Waals surface area contributed by atoms with Crippen molar-refractivity contribution in [1.82, 2.24) is 10.2 Å². The topological polar surface area (TPSA) is 50.8 Å². The van der Waals surface area contributed by atoms with E-state index in [0.29, 0.717) is 12.5 Å². The molecule has 23 heavy (non-hydrogen) atoms. The molecule has 1 aromatic carbocycles. The first-order valence-corrected chi connectivity index (χ1v) is 8.20. The third kappa shape index (κ3) is 4.38. The fraction of sp³-hybridized carbons (Fsp3) is 0.611. The zero-order valence-electron chi connectivity index (χ0n) is 14.8. The van der Waals surface area contributed by atoms with Gasteiger partial charge in [-0.15, -0.1) is 0 Å². The van der Waals surface area contributed by atoms with Crippen LogP contribution in [0.5, 0.6) is 11.5 Å². The predicted molar refractivity (Wildman–Crippen MR) is 91.0 cm³/mol. The number of amides is 1. The van der Waals surface area contributed by atoms with Gasteiger partial charge in [-0.25, -0.2) is 0 Å². The largest absolute Gasteiger partial charge is 0.493 e. The second-order valence-corrected chi connectivity index (χ2v) is 6.54. The first-order valence-electron chi connectivity index (χ1n) is 8.20. The number of hydrogen-bond acceptors (Lipinski definition) is 4. The van der Waals surface area contributed by atoms with Crippen molar-refractivity contribution >= 4 is 5.91 Å². The van der Waals surface area contributed by atoms with Crippen LogP contribution in [0.15, 0.2) is 12.1 Å². The van der Waals surface area contributed by atoms with Crippen LogP contribution in [0.25, 0.3) is 0 Å². The van der Waals surface area contributed by atoms with Crippen molar-refractivity contribution < 1.29 is 14.3 Å². The van der Waals surface area contributed by atoms with Crippen LogP contribution >= 0.6 is 0 Å². The summed E-state index contributed by atoms with van der Waals surface area (Å²) in [7, 11) is 3.30. The van der Waals surface area contributed by atoms with Crippen molar-refractivity contribution in [3.63, 3.8) is 0 Å². The lowest BCUT2D eigenvalue weighted by Gasteiger charge is -2.29. The molecule has 5 nitrogen and oxygen atoms in total. The van der Waals surface area contributed by atoms with Gasteiger partial charge in [-0.05, 0) is 42.5 Å². The van der Waals surface area contributed by atoms with E-state index in [4.69, 9.17) is 9.47 Å². The Balaban J connectivity index is 2.01. The standard InChI is InChI=1S/C18H28N2O3/c1-12(2)13(3)19-18(21)11-20-7-6-14-8-16(22-4)17(23-5)9-15(14)10-20/h8-9,12-13H,6-7,10-11H2,1-5H3,(H,19,21). The molecule has 5 heteroatoms. The highest BCUT2D eigenvalue weighted by Crippen LogP contribution is 2.33. The third-order valence-electron chi connectivity index (χ3n) is 4.55. The Labute approximate surface area is 139 Å². The second-order valence-electron chi connectivity index (χ2n) is 6.54. The van der Waals surface area contributed by atoms with Crippen LogP contribution in [-0.2, 0) is 17.8 Å². The summed E-state index contributed by atoms with van der Waals surface area (Å²) in [6, 6.07) is 4.27.